The van der Waals surface area contributed by atoms with Gasteiger partial charge in [0.2, 0.25) is 5.91 Å². The highest BCUT2D eigenvalue weighted by Gasteiger charge is 2.32. The lowest BCUT2D eigenvalue weighted by Gasteiger charge is -2.34. The number of alkyl carbamates (subject to hydrolysis) is 1. The van der Waals surface area contributed by atoms with Crippen molar-refractivity contribution in [2.45, 2.75) is 37.3 Å². The number of carbonyl (C=O) groups is 3. The second-order valence-electron chi connectivity index (χ2n) is 8.71. The topological polar surface area (TPSA) is 105 Å². The van der Waals surface area contributed by atoms with E-state index in [4.69, 9.17) is 14.6 Å². The van der Waals surface area contributed by atoms with E-state index in [2.05, 4.69) is 5.32 Å². The Hall–Kier alpha value is -3.46. The largest absolute Gasteiger partial charge is 0.481 e. The van der Waals surface area contributed by atoms with E-state index in [1.165, 1.54) is 4.90 Å². The molecule has 0 saturated carbocycles. The molecule has 1 aliphatic heterocycles. The van der Waals surface area contributed by atoms with Crippen molar-refractivity contribution in [1.29, 1.82) is 0 Å². The van der Waals surface area contributed by atoms with E-state index in [-0.39, 0.29) is 51.5 Å². The van der Waals surface area contributed by atoms with Crippen LogP contribution in [0.2, 0.25) is 0 Å². The third-order valence-corrected chi connectivity index (χ3v) is 6.46. The molecule has 1 saturated heterocycles. The molecule has 4 rings (SSSR count). The highest BCUT2D eigenvalue weighted by molar-refractivity contribution is 5.86. The van der Waals surface area contributed by atoms with Crippen LogP contribution in [0.4, 0.5) is 9.18 Å². The third-order valence-electron chi connectivity index (χ3n) is 6.46. The molecule has 8 nitrogen and oxygen atoms in total. The Labute approximate surface area is 203 Å². The first-order valence-corrected chi connectivity index (χ1v) is 11.8. The number of carboxylic acids is 1. The molecule has 0 bridgehead atoms. The number of hydrogen-bond acceptors (Lipinski definition) is 5. The number of ether oxygens (including phenoxy) is 2. The number of amides is 2. The van der Waals surface area contributed by atoms with Crippen molar-refractivity contribution in [3.63, 3.8) is 0 Å². The Kier molecular flexibility index (Phi) is 7.97. The molecule has 1 fully saturated rings. The summed E-state index contributed by atoms with van der Waals surface area (Å²) in [6.45, 7) is 0.256. The van der Waals surface area contributed by atoms with E-state index in [1.54, 1.807) is 0 Å². The van der Waals surface area contributed by atoms with Crippen LogP contribution in [-0.2, 0) is 19.1 Å². The maximum atomic E-state index is 13.1. The van der Waals surface area contributed by atoms with Crippen molar-refractivity contribution >= 4 is 18.0 Å². The summed E-state index contributed by atoms with van der Waals surface area (Å²) in [4.78, 5) is 38.4. The summed E-state index contributed by atoms with van der Waals surface area (Å²) in [7, 11) is 0. The van der Waals surface area contributed by atoms with Gasteiger partial charge in [0.15, 0.2) is 0 Å². The van der Waals surface area contributed by atoms with Crippen LogP contribution in [0.5, 0.6) is 0 Å². The molecule has 2 atom stereocenters. The average molecular weight is 485 g/mol. The SMILES string of the molecule is O=C(O)CCC(NC(=O)OCC1c2ccccc2-c2ccccc21)C(=O)N1CCOC(CCF)C1. The summed E-state index contributed by atoms with van der Waals surface area (Å²) in [5.41, 5.74) is 4.32. The minimum absolute atomic E-state index is 0.0792. The smallest absolute Gasteiger partial charge is 0.407 e. The molecule has 1 aliphatic carbocycles. The van der Waals surface area contributed by atoms with Crippen LogP contribution in [0.15, 0.2) is 48.5 Å². The van der Waals surface area contributed by atoms with Gasteiger partial charge >= 0.3 is 12.1 Å². The molecule has 2 unspecified atom stereocenters. The zero-order valence-electron chi connectivity index (χ0n) is 19.3. The van der Waals surface area contributed by atoms with Crippen molar-refractivity contribution < 1.29 is 33.4 Å². The molecule has 2 aliphatic rings. The predicted molar refractivity (Wildman–Crippen MR) is 126 cm³/mol. The number of nitrogens with zero attached hydrogens (tertiary/aromatic N) is 1. The Morgan fingerprint density at radius 3 is 2.40 bits per heavy atom. The number of nitrogens with one attached hydrogen (secondary N) is 1. The fourth-order valence-corrected chi connectivity index (χ4v) is 4.74. The number of halogens is 1. The van der Waals surface area contributed by atoms with E-state index in [0.29, 0.717) is 0 Å². The Bertz CT molecular complexity index is 1030. The van der Waals surface area contributed by atoms with Gasteiger partial charge in [-0.3, -0.25) is 14.0 Å². The minimum atomic E-state index is -1.07. The number of aliphatic carboxylic acids is 1. The lowest BCUT2D eigenvalue weighted by molar-refractivity contribution is -0.142. The van der Waals surface area contributed by atoms with Gasteiger partial charge < -0.3 is 24.8 Å². The number of morpholine rings is 1. The van der Waals surface area contributed by atoms with Crippen molar-refractivity contribution in [3.8, 4) is 11.1 Å². The number of hydrogen-bond donors (Lipinski definition) is 2. The van der Waals surface area contributed by atoms with Crippen LogP contribution in [0.1, 0.15) is 36.3 Å². The minimum Gasteiger partial charge on any atom is -0.481 e. The van der Waals surface area contributed by atoms with Gasteiger partial charge in [0.1, 0.15) is 12.6 Å². The molecule has 2 N–H and O–H groups in total. The number of benzene rings is 2. The van der Waals surface area contributed by atoms with E-state index >= 15 is 0 Å². The lowest BCUT2D eigenvalue weighted by atomic mass is 9.98. The summed E-state index contributed by atoms with van der Waals surface area (Å²) in [6, 6.07) is 14.8. The molecule has 186 valence electrons. The standard InChI is InChI=1S/C26H29FN2O6/c27-12-11-17-15-29(13-14-34-17)25(32)23(9-10-24(30)31)28-26(33)35-16-22-20-7-3-1-5-18(20)19-6-2-4-8-21(19)22/h1-8,17,22-23H,9-16H2,(H,28,33)(H,30,31). The summed E-state index contributed by atoms with van der Waals surface area (Å²) in [5, 5.41) is 11.7. The van der Waals surface area contributed by atoms with E-state index in [9.17, 15) is 18.8 Å². The number of rotatable bonds is 9. The Morgan fingerprint density at radius 1 is 1.11 bits per heavy atom. The molecule has 0 radical (unpaired) electrons. The van der Waals surface area contributed by atoms with Crippen molar-refractivity contribution in [2.75, 3.05) is 33.0 Å². The van der Waals surface area contributed by atoms with Crippen LogP contribution in [0.3, 0.4) is 0 Å². The molecule has 9 heteroatoms. The van der Waals surface area contributed by atoms with Gasteiger partial charge in [-0.2, -0.15) is 0 Å². The Balaban J connectivity index is 1.41. The van der Waals surface area contributed by atoms with E-state index in [0.717, 1.165) is 22.3 Å². The number of carbonyl (C=O) groups excluding carboxylic acids is 2. The van der Waals surface area contributed by atoms with Crippen LogP contribution in [0, 0.1) is 0 Å². The highest BCUT2D eigenvalue weighted by atomic mass is 19.1. The molecule has 2 aromatic carbocycles. The highest BCUT2D eigenvalue weighted by Crippen LogP contribution is 2.44. The normalized spacial score (nSPS) is 17.9. The molecule has 2 aromatic rings. The number of carboxylic acid groups (broad SMARTS) is 1. The maximum Gasteiger partial charge on any atom is 0.407 e. The fraction of sp³-hybridized carbons (Fsp3) is 0.423. The van der Waals surface area contributed by atoms with Gasteiger partial charge in [0, 0.05) is 31.8 Å². The Morgan fingerprint density at radius 2 is 1.77 bits per heavy atom. The van der Waals surface area contributed by atoms with Crippen LogP contribution in [-0.4, -0.2) is 73.1 Å². The number of alkyl halides is 1. The molecule has 0 aromatic heterocycles. The summed E-state index contributed by atoms with van der Waals surface area (Å²) >= 11 is 0. The van der Waals surface area contributed by atoms with Crippen molar-refractivity contribution in [1.82, 2.24) is 10.2 Å². The van der Waals surface area contributed by atoms with Crippen LogP contribution in [0.25, 0.3) is 11.1 Å². The predicted octanol–water partition coefficient (Wildman–Crippen LogP) is 3.35. The van der Waals surface area contributed by atoms with Gasteiger partial charge in [0.25, 0.3) is 0 Å². The zero-order valence-corrected chi connectivity index (χ0v) is 19.3. The van der Waals surface area contributed by atoms with Gasteiger partial charge in [-0.15, -0.1) is 0 Å². The first-order valence-electron chi connectivity index (χ1n) is 11.8. The van der Waals surface area contributed by atoms with E-state index < -0.39 is 36.8 Å². The second-order valence-corrected chi connectivity index (χ2v) is 8.71. The van der Waals surface area contributed by atoms with Crippen molar-refractivity contribution in [3.05, 3.63) is 59.7 Å². The van der Waals surface area contributed by atoms with Gasteiger partial charge in [0.05, 0.1) is 19.4 Å². The molecular weight excluding hydrogens is 455 g/mol. The average Bonchev–Trinajstić information content (AvgIpc) is 3.19. The van der Waals surface area contributed by atoms with Crippen LogP contribution >= 0.6 is 0 Å². The van der Waals surface area contributed by atoms with Gasteiger partial charge in [-0.05, 0) is 28.7 Å². The van der Waals surface area contributed by atoms with Gasteiger partial charge in [-0.1, -0.05) is 48.5 Å². The monoisotopic (exact) mass is 484 g/mol. The summed E-state index contributed by atoms with van der Waals surface area (Å²) in [6.07, 6.45) is -1.41. The summed E-state index contributed by atoms with van der Waals surface area (Å²) < 4.78 is 23.7. The maximum absolute atomic E-state index is 13.1. The van der Waals surface area contributed by atoms with Crippen LogP contribution < -0.4 is 5.32 Å². The zero-order chi connectivity index (χ0) is 24.8. The lowest BCUT2D eigenvalue weighted by Crippen LogP contribution is -2.54. The molecule has 35 heavy (non-hydrogen) atoms. The van der Waals surface area contributed by atoms with E-state index in [1.807, 2.05) is 48.5 Å². The first kappa shape index (κ1) is 24.7. The van der Waals surface area contributed by atoms with Gasteiger partial charge in [-0.25, -0.2) is 4.79 Å². The molecule has 2 amide bonds. The van der Waals surface area contributed by atoms with Crippen molar-refractivity contribution in [2.24, 2.45) is 0 Å². The number of fused-ring (bicyclic) bond motifs is 3. The second kappa shape index (κ2) is 11.3. The quantitative estimate of drug-likeness (QED) is 0.566. The summed E-state index contributed by atoms with van der Waals surface area (Å²) in [5.74, 6) is -1.64. The third kappa shape index (κ3) is 5.79. The molecular formula is C26H29FN2O6. The molecule has 0 spiro atoms. The fourth-order valence-electron chi connectivity index (χ4n) is 4.74. The first-order chi connectivity index (χ1) is 17.0. The molecule has 1 heterocycles.